The van der Waals surface area contributed by atoms with Gasteiger partial charge in [-0.1, -0.05) is 43.7 Å². The van der Waals surface area contributed by atoms with Gasteiger partial charge in [-0.2, -0.15) is 0 Å². The number of piperidine rings is 1. The van der Waals surface area contributed by atoms with Crippen LogP contribution in [-0.4, -0.2) is 29.9 Å². The van der Waals surface area contributed by atoms with Crippen molar-refractivity contribution in [3.8, 4) is 0 Å². The van der Waals surface area contributed by atoms with Gasteiger partial charge in [0.15, 0.2) is 0 Å². The summed E-state index contributed by atoms with van der Waals surface area (Å²) in [7, 11) is 0. The van der Waals surface area contributed by atoms with E-state index in [-0.39, 0.29) is 18.3 Å². The lowest BCUT2D eigenvalue weighted by Crippen LogP contribution is -2.48. The number of hydrogen-bond donors (Lipinski definition) is 1. The number of benzene rings is 1. The Labute approximate surface area is 127 Å². The molecule has 3 nitrogen and oxygen atoms in total. The van der Waals surface area contributed by atoms with E-state index in [2.05, 4.69) is 6.92 Å². The van der Waals surface area contributed by atoms with Crippen molar-refractivity contribution < 1.29 is 4.79 Å². The topological polar surface area (TPSA) is 46.3 Å². The van der Waals surface area contributed by atoms with Gasteiger partial charge in [0.1, 0.15) is 0 Å². The maximum Gasteiger partial charge on any atom is 0.239 e. The number of nitrogens with two attached hydrogens (primary N) is 1. The first-order chi connectivity index (χ1) is 9.20. The van der Waals surface area contributed by atoms with E-state index in [0.29, 0.717) is 6.42 Å². The van der Waals surface area contributed by atoms with Gasteiger partial charge in [-0.3, -0.25) is 4.79 Å². The molecule has 1 saturated heterocycles. The fourth-order valence-corrected chi connectivity index (χ4v) is 2.75. The van der Waals surface area contributed by atoms with Gasteiger partial charge in [0.05, 0.1) is 6.04 Å². The highest BCUT2D eigenvalue weighted by molar-refractivity contribution is 5.85. The van der Waals surface area contributed by atoms with Crippen molar-refractivity contribution in [2.45, 2.75) is 38.6 Å². The predicted molar refractivity (Wildman–Crippen MR) is 85.0 cm³/mol. The molecule has 2 N–H and O–H groups in total. The molecule has 1 atom stereocenters. The smallest absolute Gasteiger partial charge is 0.239 e. The molecule has 0 bridgehead atoms. The van der Waals surface area contributed by atoms with Crippen LogP contribution in [0.3, 0.4) is 0 Å². The zero-order valence-electron chi connectivity index (χ0n) is 12.1. The minimum absolute atomic E-state index is 0. The summed E-state index contributed by atoms with van der Waals surface area (Å²) < 4.78 is 0. The molecule has 0 aromatic heterocycles. The van der Waals surface area contributed by atoms with Crippen LogP contribution in [0.1, 0.15) is 31.7 Å². The van der Waals surface area contributed by atoms with Crippen molar-refractivity contribution in [3.05, 3.63) is 35.9 Å². The molecular formula is C16H25ClN2O. The Kier molecular flexibility index (Phi) is 7.03. The molecule has 0 aliphatic carbocycles. The number of hydrogen-bond acceptors (Lipinski definition) is 2. The first-order valence-electron chi connectivity index (χ1n) is 7.29. The summed E-state index contributed by atoms with van der Waals surface area (Å²) in [6, 6.07) is 9.60. The van der Waals surface area contributed by atoms with E-state index >= 15 is 0 Å². The standard InChI is InChI=1S/C16H24N2O.ClH/c1-2-13-8-10-18(11-9-13)16(19)15(17)12-14-6-4-3-5-7-14;/h3-7,13,15H,2,8-12,17H2,1H3;1H. The lowest BCUT2D eigenvalue weighted by Gasteiger charge is -2.33. The summed E-state index contributed by atoms with van der Waals surface area (Å²) in [6.07, 6.45) is 4.10. The van der Waals surface area contributed by atoms with Crippen molar-refractivity contribution in [2.75, 3.05) is 13.1 Å². The number of likely N-dealkylation sites (tertiary alicyclic amines) is 1. The molecule has 1 aromatic rings. The summed E-state index contributed by atoms with van der Waals surface area (Å²) in [5.41, 5.74) is 7.19. The highest BCUT2D eigenvalue weighted by atomic mass is 35.5. The van der Waals surface area contributed by atoms with Crippen LogP contribution in [0.5, 0.6) is 0 Å². The van der Waals surface area contributed by atoms with Gasteiger partial charge in [0, 0.05) is 13.1 Å². The average Bonchev–Trinajstić information content (AvgIpc) is 2.47. The molecule has 2 rings (SSSR count). The highest BCUT2D eigenvalue weighted by Gasteiger charge is 2.25. The van der Waals surface area contributed by atoms with E-state index in [1.807, 2.05) is 35.2 Å². The molecule has 20 heavy (non-hydrogen) atoms. The van der Waals surface area contributed by atoms with Gasteiger partial charge < -0.3 is 10.6 Å². The summed E-state index contributed by atoms with van der Waals surface area (Å²) in [4.78, 5) is 14.2. The van der Waals surface area contributed by atoms with Crippen molar-refractivity contribution in [3.63, 3.8) is 0 Å². The number of nitrogens with zero attached hydrogens (tertiary/aromatic N) is 1. The van der Waals surface area contributed by atoms with Crippen LogP contribution in [0.2, 0.25) is 0 Å². The quantitative estimate of drug-likeness (QED) is 0.928. The molecule has 1 amide bonds. The number of carbonyl (C=O) groups excluding carboxylic acids is 1. The Balaban J connectivity index is 0.00000200. The summed E-state index contributed by atoms with van der Waals surface area (Å²) in [6.45, 7) is 3.98. The predicted octanol–water partition coefficient (Wildman–Crippen LogP) is 2.63. The second kappa shape index (κ2) is 8.28. The lowest BCUT2D eigenvalue weighted by molar-refractivity contribution is -0.134. The Morgan fingerprint density at radius 3 is 2.45 bits per heavy atom. The zero-order valence-corrected chi connectivity index (χ0v) is 12.9. The molecule has 1 unspecified atom stereocenters. The van der Waals surface area contributed by atoms with Crippen LogP contribution >= 0.6 is 12.4 Å². The molecule has 0 radical (unpaired) electrons. The molecule has 0 spiro atoms. The Morgan fingerprint density at radius 1 is 1.30 bits per heavy atom. The average molecular weight is 297 g/mol. The van der Waals surface area contributed by atoms with Crippen LogP contribution in [0, 0.1) is 5.92 Å². The van der Waals surface area contributed by atoms with Gasteiger partial charge >= 0.3 is 0 Å². The van der Waals surface area contributed by atoms with Crippen molar-refractivity contribution in [1.29, 1.82) is 0 Å². The van der Waals surface area contributed by atoms with E-state index in [0.717, 1.165) is 37.4 Å². The third kappa shape index (κ3) is 4.50. The van der Waals surface area contributed by atoms with Gasteiger partial charge in [0.25, 0.3) is 0 Å². The molecule has 112 valence electrons. The summed E-state index contributed by atoms with van der Waals surface area (Å²) >= 11 is 0. The van der Waals surface area contributed by atoms with Crippen LogP contribution in [0.15, 0.2) is 30.3 Å². The van der Waals surface area contributed by atoms with Gasteiger partial charge in [0.2, 0.25) is 5.91 Å². The first kappa shape index (κ1) is 17.0. The van der Waals surface area contributed by atoms with Crippen LogP contribution in [-0.2, 0) is 11.2 Å². The number of amides is 1. The number of halogens is 1. The zero-order chi connectivity index (χ0) is 13.7. The Bertz CT molecular complexity index is 402. The molecule has 1 heterocycles. The van der Waals surface area contributed by atoms with E-state index in [4.69, 9.17) is 5.73 Å². The van der Waals surface area contributed by atoms with Crippen molar-refractivity contribution in [2.24, 2.45) is 11.7 Å². The largest absolute Gasteiger partial charge is 0.341 e. The lowest BCUT2D eigenvalue weighted by atomic mass is 9.94. The van der Waals surface area contributed by atoms with E-state index in [1.54, 1.807) is 0 Å². The van der Waals surface area contributed by atoms with E-state index in [1.165, 1.54) is 6.42 Å². The fourth-order valence-electron chi connectivity index (χ4n) is 2.75. The Hall–Kier alpha value is -1.06. The summed E-state index contributed by atoms with van der Waals surface area (Å²) in [5, 5.41) is 0. The van der Waals surface area contributed by atoms with Gasteiger partial charge in [-0.25, -0.2) is 0 Å². The number of carbonyl (C=O) groups is 1. The van der Waals surface area contributed by atoms with Crippen LogP contribution in [0.25, 0.3) is 0 Å². The van der Waals surface area contributed by atoms with E-state index < -0.39 is 6.04 Å². The number of rotatable bonds is 4. The molecule has 0 saturated carbocycles. The highest BCUT2D eigenvalue weighted by Crippen LogP contribution is 2.20. The molecule has 1 aliphatic rings. The van der Waals surface area contributed by atoms with Gasteiger partial charge in [-0.05, 0) is 30.7 Å². The maximum atomic E-state index is 12.3. The SMILES string of the molecule is CCC1CCN(C(=O)C(N)Cc2ccccc2)CC1.Cl. The molecular weight excluding hydrogens is 272 g/mol. The minimum Gasteiger partial charge on any atom is -0.341 e. The van der Waals surface area contributed by atoms with Gasteiger partial charge in [-0.15, -0.1) is 12.4 Å². The molecule has 4 heteroatoms. The maximum absolute atomic E-state index is 12.3. The monoisotopic (exact) mass is 296 g/mol. The first-order valence-corrected chi connectivity index (χ1v) is 7.29. The minimum atomic E-state index is -0.402. The van der Waals surface area contributed by atoms with Crippen LogP contribution < -0.4 is 5.73 Å². The third-order valence-electron chi connectivity index (χ3n) is 4.12. The second-order valence-electron chi connectivity index (χ2n) is 5.47. The van der Waals surface area contributed by atoms with Crippen molar-refractivity contribution >= 4 is 18.3 Å². The molecule has 1 aromatic carbocycles. The second-order valence-corrected chi connectivity index (χ2v) is 5.47. The molecule has 1 fully saturated rings. The summed E-state index contributed by atoms with van der Waals surface area (Å²) in [5.74, 6) is 0.896. The fraction of sp³-hybridized carbons (Fsp3) is 0.562. The van der Waals surface area contributed by atoms with E-state index in [9.17, 15) is 4.79 Å². The third-order valence-corrected chi connectivity index (χ3v) is 4.12. The molecule has 1 aliphatic heterocycles. The van der Waals surface area contributed by atoms with Crippen molar-refractivity contribution in [1.82, 2.24) is 4.90 Å². The van der Waals surface area contributed by atoms with Crippen LogP contribution in [0.4, 0.5) is 0 Å². The normalized spacial score (nSPS) is 17.4. The Morgan fingerprint density at radius 2 is 1.90 bits per heavy atom.